The molecule has 1 aromatic carbocycles. The van der Waals surface area contributed by atoms with Crippen LogP contribution in [-0.4, -0.2) is 29.5 Å². The van der Waals surface area contributed by atoms with Crippen LogP contribution in [0.3, 0.4) is 0 Å². The van der Waals surface area contributed by atoms with Gasteiger partial charge in [0.25, 0.3) is 0 Å². The number of hydrogen-bond acceptors (Lipinski definition) is 3. The summed E-state index contributed by atoms with van der Waals surface area (Å²) in [5, 5.41) is 18.4. The van der Waals surface area contributed by atoms with Crippen molar-refractivity contribution in [2.75, 3.05) is 13.2 Å². The Labute approximate surface area is 107 Å². The van der Waals surface area contributed by atoms with Gasteiger partial charge in [-0.2, -0.15) is 0 Å². The molecule has 0 aliphatic rings. The van der Waals surface area contributed by atoms with Crippen LogP contribution in [0.25, 0.3) is 0 Å². The van der Waals surface area contributed by atoms with Crippen molar-refractivity contribution in [1.29, 1.82) is 0 Å². The van der Waals surface area contributed by atoms with Gasteiger partial charge in [-0.25, -0.2) is 4.39 Å². The van der Waals surface area contributed by atoms with Crippen LogP contribution in [0.4, 0.5) is 4.39 Å². The standard InChI is InChI=1S/C14H21FO3/c1-3-10(7-12(17)9-16)13-8-11(15)5-6-14(13)18-4-2/h5-6,8,10,12,16-17H,3-4,7,9H2,1-2H3. The van der Waals surface area contributed by atoms with Gasteiger partial charge in [-0.1, -0.05) is 6.92 Å². The molecule has 0 amide bonds. The third-order valence-electron chi connectivity index (χ3n) is 2.97. The summed E-state index contributed by atoms with van der Waals surface area (Å²) in [6.07, 6.45) is 0.365. The Morgan fingerprint density at radius 2 is 2.06 bits per heavy atom. The van der Waals surface area contributed by atoms with E-state index in [1.54, 1.807) is 6.07 Å². The number of aliphatic hydroxyl groups excluding tert-OH is 2. The fourth-order valence-electron chi connectivity index (χ4n) is 2.04. The maximum atomic E-state index is 13.3. The number of aliphatic hydroxyl groups is 2. The Kier molecular flexibility index (Phi) is 6.09. The molecule has 0 saturated carbocycles. The van der Waals surface area contributed by atoms with Crippen molar-refractivity contribution in [2.24, 2.45) is 0 Å². The van der Waals surface area contributed by atoms with Crippen molar-refractivity contribution in [3.8, 4) is 5.75 Å². The van der Waals surface area contributed by atoms with Crippen molar-refractivity contribution >= 4 is 0 Å². The van der Waals surface area contributed by atoms with Crippen molar-refractivity contribution in [3.05, 3.63) is 29.6 Å². The third-order valence-corrected chi connectivity index (χ3v) is 2.97. The van der Waals surface area contributed by atoms with Crippen LogP contribution in [0.2, 0.25) is 0 Å². The van der Waals surface area contributed by atoms with Gasteiger partial charge in [0.05, 0.1) is 19.3 Å². The summed E-state index contributed by atoms with van der Waals surface area (Å²) in [7, 11) is 0. The molecule has 0 fully saturated rings. The Balaban J connectivity index is 2.98. The first-order chi connectivity index (χ1) is 8.62. The van der Waals surface area contributed by atoms with Gasteiger partial charge < -0.3 is 14.9 Å². The fraction of sp³-hybridized carbons (Fsp3) is 0.571. The molecule has 0 aliphatic carbocycles. The van der Waals surface area contributed by atoms with Gasteiger partial charge >= 0.3 is 0 Å². The minimum atomic E-state index is -0.785. The summed E-state index contributed by atoms with van der Waals surface area (Å²) < 4.78 is 18.8. The summed E-state index contributed by atoms with van der Waals surface area (Å²) in [5.74, 6) is 0.311. The Hall–Kier alpha value is -1.13. The molecular formula is C14H21FO3. The van der Waals surface area contributed by atoms with Crippen LogP contribution in [0, 0.1) is 5.82 Å². The van der Waals surface area contributed by atoms with E-state index in [9.17, 15) is 9.50 Å². The zero-order valence-corrected chi connectivity index (χ0v) is 10.9. The highest BCUT2D eigenvalue weighted by molar-refractivity contribution is 5.37. The zero-order chi connectivity index (χ0) is 13.5. The molecule has 0 saturated heterocycles. The highest BCUT2D eigenvalue weighted by atomic mass is 19.1. The van der Waals surface area contributed by atoms with E-state index in [-0.39, 0.29) is 18.3 Å². The molecule has 3 nitrogen and oxygen atoms in total. The summed E-state index contributed by atoms with van der Waals surface area (Å²) in [6.45, 7) is 4.07. The lowest BCUT2D eigenvalue weighted by Gasteiger charge is -2.21. The molecule has 1 aromatic rings. The van der Waals surface area contributed by atoms with Gasteiger partial charge in [-0.3, -0.25) is 0 Å². The van der Waals surface area contributed by atoms with Gasteiger partial charge in [-0.05, 0) is 43.9 Å². The molecule has 2 unspecified atom stereocenters. The molecule has 0 bridgehead atoms. The molecule has 0 spiro atoms. The van der Waals surface area contributed by atoms with E-state index >= 15 is 0 Å². The normalized spacial score (nSPS) is 14.3. The molecule has 1 rings (SSSR count). The number of hydrogen-bond donors (Lipinski definition) is 2. The number of benzene rings is 1. The first-order valence-corrected chi connectivity index (χ1v) is 6.33. The van der Waals surface area contributed by atoms with Crippen LogP contribution in [0.5, 0.6) is 5.75 Å². The molecular weight excluding hydrogens is 235 g/mol. The van der Waals surface area contributed by atoms with Crippen LogP contribution >= 0.6 is 0 Å². The van der Waals surface area contributed by atoms with Gasteiger partial charge in [0.15, 0.2) is 0 Å². The topological polar surface area (TPSA) is 49.7 Å². The summed E-state index contributed by atoms with van der Waals surface area (Å²) >= 11 is 0. The van der Waals surface area contributed by atoms with E-state index in [0.29, 0.717) is 18.8 Å². The van der Waals surface area contributed by atoms with E-state index in [4.69, 9.17) is 9.84 Å². The second kappa shape index (κ2) is 7.34. The quantitative estimate of drug-likeness (QED) is 0.788. The fourth-order valence-corrected chi connectivity index (χ4v) is 2.04. The average molecular weight is 256 g/mol. The van der Waals surface area contributed by atoms with Crippen LogP contribution in [0.1, 0.15) is 38.2 Å². The van der Waals surface area contributed by atoms with Gasteiger partial charge in [-0.15, -0.1) is 0 Å². The lowest BCUT2D eigenvalue weighted by atomic mass is 9.90. The monoisotopic (exact) mass is 256 g/mol. The van der Waals surface area contributed by atoms with Crippen molar-refractivity contribution in [2.45, 2.75) is 38.7 Å². The summed E-state index contributed by atoms with van der Waals surface area (Å²) in [5.41, 5.74) is 0.756. The zero-order valence-electron chi connectivity index (χ0n) is 10.9. The van der Waals surface area contributed by atoms with Gasteiger partial charge in [0, 0.05) is 5.56 Å². The summed E-state index contributed by atoms with van der Waals surface area (Å²) in [4.78, 5) is 0. The Morgan fingerprint density at radius 3 is 2.61 bits per heavy atom. The molecule has 0 aromatic heterocycles. The lowest BCUT2D eigenvalue weighted by Crippen LogP contribution is -2.17. The third kappa shape index (κ3) is 3.96. The number of rotatable bonds is 7. The first-order valence-electron chi connectivity index (χ1n) is 6.33. The Morgan fingerprint density at radius 1 is 1.33 bits per heavy atom. The number of ether oxygens (including phenoxy) is 1. The highest BCUT2D eigenvalue weighted by Gasteiger charge is 2.19. The molecule has 0 radical (unpaired) electrons. The molecule has 2 N–H and O–H groups in total. The molecule has 2 atom stereocenters. The first kappa shape index (κ1) is 14.9. The molecule has 0 heterocycles. The number of halogens is 1. The average Bonchev–Trinajstić information content (AvgIpc) is 2.38. The van der Waals surface area contributed by atoms with E-state index < -0.39 is 6.10 Å². The SMILES string of the molecule is CCOc1ccc(F)cc1C(CC)CC(O)CO. The smallest absolute Gasteiger partial charge is 0.123 e. The van der Waals surface area contributed by atoms with Crippen molar-refractivity contribution < 1.29 is 19.3 Å². The van der Waals surface area contributed by atoms with E-state index in [1.807, 2.05) is 13.8 Å². The second-order valence-corrected chi connectivity index (χ2v) is 4.29. The summed E-state index contributed by atoms with van der Waals surface area (Å²) in [6, 6.07) is 4.43. The van der Waals surface area contributed by atoms with Crippen molar-refractivity contribution in [3.63, 3.8) is 0 Å². The Bertz CT molecular complexity index is 368. The van der Waals surface area contributed by atoms with Gasteiger partial charge in [0.1, 0.15) is 11.6 Å². The van der Waals surface area contributed by atoms with E-state index in [2.05, 4.69) is 0 Å². The largest absolute Gasteiger partial charge is 0.494 e. The maximum absolute atomic E-state index is 13.3. The van der Waals surface area contributed by atoms with E-state index in [0.717, 1.165) is 12.0 Å². The van der Waals surface area contributed by atoms with Crippen molar-refractivity contribution in [1.82, 2.24) is 0 Å². The van der Waals surface area contributed by atoms with E-state index in [1.165, 1.54) is 12.1 Å². The predicted molar refractivity (Wildman–Crippen MR) is 68.3 cm³/mol. The molecule has 0 aliphatic heterocycles. The second-order valence-electron chi connectivity index (χ2n) is 4.29. The molecule has 102 valence electrons. The predicted octanol–water partition coefficient (Wildman–Crippen LogP) is 2.46. The molecule has 18 heavy (non-hydrogen) atoms. The van der Waals surface area contributed by atoms with Crippen LogP contribution in [-0.2, 0) is 0 Å². The minimum absolute atomic E-state index is 0.0237. The maximum Gasteiger partial charge on any atom is 0.123 e. The highest BCUT2D eigenvalue weighted by Crippen LogP contribution is 2.33. The van der Waals surface area contributed by atoms with Gasteiger partial charge in [0.2, 0.25) is 0 Å². The van der Waals surface area contributed by atoms with Crippen LogP contribution in [0.15, 0.2) is 18.2 Å². The molecule has 4 heteroatoms. The minimum Gasteiger partial charge on any atom is -0.494 e. The lowest BCUT2D eigenvalue weighted by molar-refractivity contribution is 0.0814. The van der Waals surface area contributed by atoms with Crippen LogP contribution < -0.4 is 4.74 Å².